The van der Waals surface area contributed by atoms with Crippen molar-refractivity contribution in [3.05, 3.63) is 18.0 Å². The minimum absolute atomic E-state index is 0.182. The molecule has 4 nitrogen and oxygen atoms in total. The zero-order valence-corrected chi connectivity index (χ0v) is 9.02. The number of morpholine rings is 1. The highest BCUT2D eigenvalue weighted by molar-refractivity contribution is 5.11. The van der Waals surface area contributed by atoms with Crippen LogP contribution >= 0.6 is 0 Å². The van der Waals surface area contributed by atoms with Crippen molar-refractivity contribution >= 4 is 0 Å². The van der Waals surface area contributed by atoms with Crippen LogP contribution in [0.5, 0.6) is 0 Å². The van der Waals surface area contributed by atoms with Gasteiger partial charge in [0.25, 0.3) is 0 Å². The summed E-state index contributed by atoms with van der Waals surface area (Å²) in [4.78, 5) is 0. The fourth-order valence-corrected chi connectivity index (χ4v) is 2.05. The first-order valence-electron chi connectivity index (χ1n) is 5.73. The van der Waals surface area contributed by atoms with Crippen LogP contribution in [-0.4, -0.2) is 29.0 Å². The first-order valence-corrected chi connectivity index (χ1v) is 5.73. The summed E-state index contributed by atoms with van der Waals surface area (Å²) < 4.78 is 7.95. The van der Waals surface area contributed by atoms with Crippen molar-refractivity contribution < 1.29 is 4.74 Å². The van der Waals surface area contributed by atoms with Gasteiger partial charge >= 0.3 is 0 Å². The van der Waals surface area contributed by atoms with Gasteiger partial charge in [-0.1, -0.05) is 0 Å². The number of hydrogen-bond acceptors (Lipinski definition) is 3. The van der Waals surface area contributed by atoms with Crippen molar-refractivity contribution in [2.24, 2.45) is 0 Å². The average Bonchev–Trinajstić information content (AvgIpc) is 2.97. The molecule has 1 aromatic rings. The lowest BCUT2D eigenvalue weighted by atomic mass is 10.1. The van der Waals surface area contributed by atoms with E-state index >= 15 is 0 Å². The third kappa shape index (κ3) is 1.92. The summed E-state index contributed by atoms with van der Waals surface area (Å²) in [5.74, 6) is 0. The highest BCUT2D eigenvalue weighted by Gasteiger charge is 2.27. The Balaban J connectivity index is 1.73. The van der Waals surface area contributed by atoms with Crippen molar-refractivity contribution in [2.45, 2.75) is 38.0 Å². The van der Waals surface area contributed by atoms with Crippen LogP contribution in [0.15, 0.2) is 12.4 Å². The average molecular weight is 207 g/mol. The Bertz CT molecular complexity index is 345. The molecule has 4 heteroatoms. The minimum Gasteiger partial charge on any atom is -0.368 e. The number of nitrogens with one attached hydrogen (secondary N) is 1. The third-order valence-corrected chi connectivity index (χ3v) is 3.07. The summed E-state index contributed by atoms with van der Waals surface area (Å²) in [6.45, 7) is 3.96. The number of nitrogens with zero attached hydrogens (tertiary/aromatic N) is 2. The Morgan fingerprint density at radius 3 is 3.07 bits per heavy atom. The van der Waals surface area contributed by atoms with Crippen LogP contribution in [0.2, 0.25) is 0 Å². The highest BCUT2D eigenvalue weighted by Crippen LogP contribution is 2.35. The number of rotatable bonds is 2. The molecule has 0 unspecified atom stereocenters. The molecule has 1 aliphatic heterocycles. The predicted molar refractivity (Wildman–Crippen MR) is 56.7 cm³/mol. The van der Waals surface area contributed by atoms with Crippen LogP contribution in [-0.2, 0) is 4.74 Å². The second kappa shape index (κ2) is 3.61. The summed E-state index contributed by atoms with van der Waals surface area (Å²) in [6.07, 6.45) is 7.13. The second-order valence-electron chi connectivity index (χ2n) is 4.58. The van der Waals surface area contributed by atoms with Crippen LogP contribution in [0.3, 0.4) is 0 Å². The lowest BCUT2D eigenvalue weighted by molar-refractivity contribution is -0.0287. The quantitative estimate of drug-likeness (QED) is 0.793. The largest absolute Gasteiger partial charge is 0.368 e. The van der Waals surface area contributed by atoms with Crippen molar-refractivity contribution in [3.63, 3.8) is 0 Å². The molecular formula is C11H17N3O. The molecule has 2 aliphatic rings. The van der Waals surface area contributed by atoms with Crippen LogP contribution in [0.25, 0.3) is 0 Å². The van der Waals surface area contributed by atoms with Crippen molar-refractivity contribution in [3.8, 4) is 0 Å². The van der Waals surface area contributed by atoms with E-state index in [2.05, 4.69) is 28.2 Å². The van der Waals surface area contributed by atoms with Crippen LogP contribution < -0.4 is 5.32 Å². The fraction of sp³-hybridized carbons (Fsp3) is 0.727. The first kappa shape index (κ1) is 9.36. The van der Waals surface area contributed by atoms with E-state index in [4.69, 9.17) is 4.74 Å². The van der Waals surface area contributed by atoms with Gasteiger partial charge in [0.2, 0.25) is 0 Å². The van der Waals surface area contributed by atoms with E-state index in [-0.39, 0.29) is 6.10 Å². The van der Waals surface area contributed by atoms with Gasteiger partial charge < -0.3 is 10.1 Å². The minimum atomic E-state index is 0.182. The molecule has 0 aromatic carbocycles. The lowest BCUT2D eigenvalue weighted by Crippen LogP contribution is -2.38. The molecule has 3 rings (SSSR count). The lowest BCUT2D eigenvalue weighted by Gasteiger charge is -2.27. The molecule has 82 valence electrons. The maximum Gasteiger partial charge on any atom is 0.0983 e. The van der Waals surface area contributed by atoms with Crippen LogP contribution in [0, 0.1) is 0 Å². The second-order valence-corrected chi connectivity index (χ2v) is 4.58. The SMILES string of the molecule is C[C@@H]1CNC[C@H](c2cnn(C3CC3)c2)O1. The zero-order valence-electron chi connectivity index (χ0n) is 9.02. The van der Waals surface area contributed by atoms with Gasteiger partial charge in [0.05, 0.1) is 24.4 Å². The Kier molecular flexibility index (Phi) is 2.25. The molecule has 0 radical (unpaired) electrons. The maximum atomic E-state index is 5.87. The summed E-state index contributed by atoms with van der Waals surface area (Å²) in [5.41, 5.74) is 1.21. The summed E-state index contributed by atoms with van der Waals surface area (Å²) in [7, 11) is 0. The molecule has 1 saturated heterocycles. The first-order chi connectivity index (χ1) is 7.33. The maximum absolute atomic E-state index is 5.87. The van der Waals surface area contributed by atoms with Gasteiger partial charge in [-0.25, -0.2) is 0 Å². The fourth-order valence-electron chi connectivity index (χ4n) is 2.05. The molecule has 2 heterocycles. The van der Waals surface area contributed by atoms with E-state index in [1.807, 2.05) is 6.20 Å². The molecule has 2 fully saturated rings. The van der Waals surface area contributed by atoms with E-state index in [1.54, 1.807) is 0 Å². The Morgan fingerprint density at radius 2 is 2.33 bits per heavy atom. The number of hydrogen-bond donors (Lipinski definition) is 1. The smallest absolute Gasteiger partial charge is 0.0983 e. The standard InChI is InChI=1S/C11H17N3O/c1-8-4-12-6-11(15-8)9-5-13-14(7-9)10-2-3-10/h5,7-8,10-12H,2-4,6H2,1H3/t8-,11-/m1/s1. The molecule has 0 amide bonds. The Labute approximate surface area is 89.6 Å². The number of ether oxygens (including phenoxy) is 1. The van der Waals surface area contributed by atoms with Crippen molar-refractivity contribution in [1.29, 1.82) is 0 Å². The zero-order chi connectivity index (χ0) is 10.3. The van der Waals surface area contributed by atoms with E-state index in [0.29, 0.717) is 12.1 Å². The van der Waals surface area contributed by atoms with E-state index in [1.165, 1.54) is 18.4 Å². The molecule has 1 aromatic heterocycles. The van der Waals surface area contributed by atoms with Gasteiger partial charge in [0.1, 0.15) is 0 Å². The molecule has 15 heavy (non-hydrogen) atoms. The summed E-state index contributed by atoms with van der Waals surface area (Å²) >= 11 is 0. The monoisotopic (exact) mass is 207 g/mol. The molecule has 1 N–H and O–H groups in total. The van der Waals surface area contributed by atoms with E-state index in [0.717, 1.165) is 13.1 Å². The van der Waals surface area contributed by atoms with Gasteiger partial charge in [-0.15, -0.1) is 0 Å². The predicted octanol–water partition coefficient (Wildman–Crippen LogP) is 1.27. The normalized spacial score (nSPS) is 31.8. The van der Waals surface area contributed by atoms with Gasteiger partial charge in [0, 0.05) is 24.8 Å². The molecule has 2 atom stereocenters. The van der Waals surface area contributed by atoms with Crippen molar-refractivity contribution in [1.82, 2.24) is 15.1 Å². The van der Waals surface area contributed by atoms with Crippen LogP contribution in [0.4, 0.5) is 0 Å². The molecule has 0 spiro atoms. The molecule has 0 bridgehead atoms. The van der Waals surface area contributed by atoms with Gasteiger partial charge in [0.15, 0.2) is 0 Å². The summed E-state index contributed by atoms with van der Waals surface area (Å²) in [5, 5.41) is 7.76. The molecular weight excluding hydrogens is 190 g/mol. The van der Waals surface area contributed by atoms with Gasteiger partial charge in [-0.2, -0.15) is 5.10 Å². The van der Waals surface area contributed by atoms with Crippen molar-refractivity contribution in [2.75, 3.05) is 13.1 Å². The van der Waals surface area contributed by atoms with E-state index < -0.39 is 0 Å². The molecule has 1 aliphatic carbocycles. The van der Waals surface area contributed by atoms with Crippen LogP contribution in [0.1, 0.15) is 37.5 Å². The summed E-state index contributed by atoms with van der Waals surface area (Å²) in [6, 6.07) is 0.660. The Hall–Kier alpha value is -0.870. The third-order valence-electron chi connectivity index (χ3n) is 3.07. The molecule has 1 saturated carbocycles. The topological polar surface area (TPSA) is 39.1 Å². The van der Waals surface area contributed by atoms with Gasteiger partial charge in [-0.05, 0) is 19.8 Å². The highest BCUT2D eigenvalue weighted by atomic mass is 16.5. The van der Waals surface area contributed by atoms with E-state index in [9.17, 15) is 0 Å². The van der Waals surface area contributed by atoms with Gasteiger partial charge in [-0.3, -0.25) is 4.68 Å². The number of aromatic nitrogens is 2. The Morgan fingerprint density at radius 1 is 1.47 bits per heavy atom.